The van der Waals surface area contributed by atoms with E-state index < -0.39 is 0 Å². The summed E-state index contributed by atoms with van der Waals surface area (Å²) >= 11 is 0. The topological polar surface area (TPSA) is 42.0 Å². The van der Waals surface area contributed by atoms with Gasteiger partial charge in [0.05, 0.1) is 13.7 Å². The molecule has 6 heteroatoms. The number of hydrogen-bond donors (Lipinski definition) is 0. The first-order valence-corrected chi connectivity index (χ1v) is 10.9. The molecule has 1 saturated heterocycles. The molecule has 0 unspecified atom stereocenters. The summed E-state index contributed by atoms with van der Waals surface area (Å²) in [7, 11) is 3.29. The molecule has 1 fully saturated rings. The van der Waals surface area contributed by atoms with Crippen LogP contribution in [0.25, 0.3) is 0 Å². The maximum Gasteiger partial charge on any atom is 0.253 e. The number of ether oxygens (including phenoxy) is 2. The van der Waals surface area contributed by atoms with Crippen molar-refractivity contribution in [3.63, 3.8) is 0 Å². The Bertz CT molecular complexity index is 866. The van der Waals surface area contributed by atoms with Crippen LogP contribution in [0.1, 0.15) is 34.3 Å². The van der Waals surface area contributed by atoms with E-state index in [9.17, 15) is 9.18 Å². The normalized spacial score (nSPS) is 15.1. The molecule has 0 N–H and O–H groups in total. The fourth-order valence-electron chi connectivity index (χ4n) is 4.18. The number of carbonyl (C=O) groups excluding carboxylic acids is 1. The average molecular weight is 429 g/mol. The van der Waals surface area contributed by atoms with Crippen LogP contribution in [-0.2, 0) is 11.3 Å². The fourth-order valence-corrected chi connectivity index (χ4v) is 4.18. The van der Waals surface area contributed by atoms with Crippen LogP contribution in [0.2, 0.25) is 0 Å². The van der Waals surface area contributed by atoms with Gasteiger partial charge in [-0.25, -0.2) is 4.39 Å². The molecule has 0 saturated carbocycles. The van der Waals surface area contributed by atoms with E-state index in [0.29, 0.717) is 37.7 Å². The van der Waals surface area contributed by atoms with Gasteiger partial charge in [0.1, 0.15) is 11.6 Å². The Kier molecular flexibility index (Phi) is 8.43. The third-order valence-corrected chi connectivity index (χ3v) is 6.03. The number of piperidine rings is 1. The number of aryl methyl sites for hydroxylation is 1. The zero-order valence-electron chi connectivity index (χ0n) is 18.8. The van der Waals surface area contributed by atoms with Gasteiger partial charge in [-0.15, -0.1) is 0 Å². The van der Waals surface area contributed by atoms with Gasteiger partial charge in [-0.2, -0.15) is 0 Å². The van der Waals surface area contributed by atoms with E-state index in [0.717, 1.165) is 42.8 Å². The van der Waals surface area contributed by atoms with Crippen LogP contribution in [0.5, 0.6) is 5.75 Å². The van der Waals surface area contributed by atoms with Gasteiger partial charge in [0.15, 0.2) is 0 Å². The first kappa shape index (κ1) is 23.2. The van der Waals surface area contributed by atoms with Gasteiger partial charge in [-0.1, -0.05) is 18.2 Å². The van der Waals surface area contributed by atoms with E-state index in [1.807, 2.05) is 42.2 Å². The number of nitrogens with zero attached hydrogens (tertiary/aromatic N) is 2. The molecule has 0 atom stereocenters. The molecule has 0 bridgehead atoms. The summed E-state index contributed by atoms with van der Waals surface area (Å²) in [5.41, 5.74) is 2.36. The molecule has 2 aromatic carbocycles. The predicted octanol–water partition coefficient (Wildman–Crippen LogP) is 4.14. The molecule has 0 spiro atoms. The number of likely N-dealkylation sites (tertiary alicyclic amines) is 1. The Hall–Kier alpha value is -2.44. The minimum Gasteiger partial charge on any atom is -0.496 e. The SMILES string of the molecule is COCCN(CC1CCN(Cc2ccccc2F)CC1)C(=O)c1ccc(OC)c(C)c1. The second-order valence-electron chi connectivity index (χ2n) is 8.24. The number of rotatable bonds is 9. The van der Waals surface area contributed by atoms with Gasteiger partial charge < -0.3 is 14.4 Å². The summed E-state index contributed by atoms with van der Waals surface area (Å²) in [6, 6.07) is 12.5. The second kappa shape index (κ2) is 11.3. The van der Waals surface area contributed by atoms with Crippen LogP contribution in [0.3, 0.4) is 0 Å². The summed E-state index contributed by atoms with van der Waals surface area (Å²) in [5.74, 6) is 1.09. The van der Waals surface area contributed by atoms with Crippen molar-refractivity contribution in [1.29, 1.82) is 0 Å². The third-order valence-electron chi connectivity index (χ3n) is 6.03. The summed E-state index contributed by atoms with van der Waals surface area (Å²) in [6.45, 7) is 6.18. The molecule has 31 heavy (non-hydrogen) atoms. The van der Waals surface area contributed by atoms with Gasteiger partial charge >= 0.3 is 0 Å². The molecule has 168 valence electrons. The van der Waals surface area contributed by atoms with Crippen molar-refractivity contribution in [2.24, 2.45) is 5.92 Å². The molecular formula is C25H33FN2O3. The average Bonchev–Trinajstić information content (AvgIpc) is 2.78. The van der Waals surface area contributed by atoms with Crippen molar-refractivity contribution in [2.75, 3.05) is 47.0 Å². The highest BCUT2D eigenvalue weighted by Crippen LogP contribution is 2.23. The van der Waals surface area contributed by atoms with Gasteiger partial charge in [-0.3, -0.25) is 9.69 Å². The first-order chi connectivity index (χ1) is 15.0. The van der Waals surface area contributed by atoms with Crippen LogP contribution >= 0.6 is 0 Å². The quantitative estimate of drug-likeness (QED) is 0.602. The molecule has 5 nitrogen and oxygen atoms in total. The van der Waals surface area contributed by atoms with Crippen molar-refractivity contribution in [2.45, 2.75) is 26.3 Å². The Morgan fingerprint density at radius 3 is 2.55 bits per heavy atom. The van der Waals surface area contributed by atoms with E-state index in [1.165, 1.54) is 6.07 Å². The van der Waals surface area contributed by atoms with Crippen molar-refractivity contribution in [1.82, 2.24) is 9.80 Å². The summed E-state index contributed by atoms with van der Waals surface area (Å²) in [5, 5.41) is 0. The number of methoxy groups -OCH3 is 2. The zero-order valence-corrected chi connectivity index (χ0v) is 18.8. The molecule has 1 amide bonds. The predicted molar refractivity (Wildman–Crippen MR) is 120 cm³/mol. The fraction of sp³-hybridized carbons (Fsp3) is 0.480. The van der Waals surface area contributed by atoms with Crippen LogP contribution in [-0.4, -0.2) is 62.7 Å². The largest absolute Gasteiger partial charge is 0.496 e. The third kappa shape index (κ3) is 6.28. The number of halogens is 1. The Labute approximate surface area is 184 Å². The maximum absolute atomic E-state index is 13.9. The van der Waals surface area contributed by atoms with Crippen molar-refractivity contribution < 1.29 is 18.7 Å². The molecule has 1 aliphatic rings. The van der Waals surface area contributed by atoms with Gasteiger partial charge in [0.25, 0.3) is 5.91 Å². The van der Waals surface area contributed by atoms with Crippen LogP contribution < -0.4 is 4.74 Å². The highest BCUT2D eigenvalue weighted by atomic mass is 19.1. The summed E-state index contributed by atoms with van der Waals surface area (Å²) in [4.78, 5) is 17.4. The number of carbonyl (C=O) groups is 1. The lowest BCUT2D eigenvalue weighted by atomic mass is 9.95. The molecule has 1 aliphatic heterocycles. The van der Waals surface area contributed by atoms with E-state index in [4.69, 9.17) is 9.47 Å². The van der Waals surface area contributed by atoms with Gasteiger partial charge in [0, 0.05) is 37.9 Å². The molecule has 2 aromatic rings. The minimum atomic E-state index is -0.143. The molecule has 0 radical (unpaired) electrons. The van der Waals surface area contributed by atoms with Gasteiger partial charge in [0.2, 0.25) is 0 Å². The molecule has 3 rings (SSSR count). The first-order valence-electron chi connectivity index (χ1n) is 10.9. The highest BCUT2D eigenvalue weighted by molar-refractivity contribution is 5.94. The van der Waals surface area contributed by atoms with Gasteiger partial charge in [-0.05, 0) is 68.6 Å². The maximum atomic E-state index is 13.9. The Morgan fingerprint density at radius 2 is 1.90 bits per heavy atom. The lowest BCUT2D eigenvalue weighted by Gasteiger charge is -2.35. The molecule has 0 aliphatic carbocycles. The van der Waals surface area contributed by atoms with E-state index in [1.54, 1.807) is 20.3 Å². The zero-order chi connectivity index (χ0) is 22.2. The van der Waals surface area contributed by atoms with E-state index >= 15 is 0 Å². The summed E-state index contributed by atoms with van der Waals surface area (Å²) in [6.07, 6.45) is 1.99. The monoisotopic (exact) mass is 428 g/mol. The lowest BCUT2D eigenvalue weighted by molar-refractivity contribution is 0.0617. The van der Waals surface area contributed by atoms with Crippen molar-refractivity contribution in [3.05, 3.63) is 65.0 Å². The van der Waals surface area contributed by atoms with E-state index in [2.05, 4.69) is 4.90 Å². The van der Waals surface area contributed by atoms with Crippen molar-refractivity contribution >= 4 is 5.91 Å². The van der Waals surface area contributed by atoms with Crippen molar-refractivity contribution in [3.8, 4) is 5.75 Å². The summed E-state index contributed by atoms with van der Waals surface area (Å²) < 4.78 is 24.5. The molecule has 1 heterocycles. The van der Waals surface area contributed by atoms with Crippen LogP contribution in [0, 0.1) is 18.7 Å². The standard InChI is InChI=1S/C25H33FN2O3/c1-19-16-21(8-9-24(19)31-3)25(29)28(14-15-30-2)17-20-10-12-27(13-11-20)18-22-6-4-5-7-23(22)26/h4-9,16,20H,10-15,17-18H2,1-3H3. The Morgan fingerprint density at radius 1 is 1.16 bits per heavy atom. The smallest absolute Gasteiger partial charge is 0.253 e. The Balaban J connectivity index is 1.59. The highest BCUT2D eigenvalue weighted by Gasteiger charge is 2.25. The number of hydrogen-bond acceptors (Lipinski definition) is 4. The molecule has 0 aromatic heterocycles. The van der Waals surface area contributed by atoms with Crippen LogP contribution in [0.4, 0.5) is 4.39 Å². The second-order valence-corrected chi connectivity index (χ2v) is 8.24. The lowest BCUT2D eigenvalue weighted by Crippen LogP contribution is -2.42. The minimum absolute atomic E-state index is 0.0246. The van der Waals surface area contributed by atoms with E-state index in [-0.39, 0.29) is 11.7 Å². The molecular weight excluding hydrogens is 395 g/mol. The number of benzene rings is 2. The number of amides is 1. The van der Waals surface area contributed by atoms with Crippen LogP contribution in [0.15, 0.2) is 42.5 Å².